The average molecular weight is 429 g/mol. The summed E-state index contributed by atoms with van der Waals surface area (Å²) in [6, 6.07) is 3.92. The third-order valence-electron chi connectivity index (χ3n) is 6.60. The molecule has 6 nitrogen and oxygen atoms in total. The number of benzene rings is 1. The number of ether oxygens (including phenoxy) is 1. The molecule has 3 rings (SSSR count). The lowest BCUT2D eigenvalue weighted by Gasteiger charge is -2.46. The van der Waals surface area contributed by atoms with Crippen molar-refractivity contribution in [3.05, 3.63) is 34.9 Å². The van der Waals surface area contributed by atoms with Gasteiger partial charge in [0.2, 0.25) is 11.8 Å². The van der Waals surface area contributed by atoms with E-state index in [1.54, 1.807) is 7.05 Å². The van der Waals surface area contributed by atoms with Gasteiger partial charge in [0, 0.05) is 43.0 Å². The Balaban J connectivity index is 1.85. The van der Waals surface area contributed by atoms with E-state index < -0.39 is 0 Å². The summed E-state index contributed by atoms with van der Waals surface area (Å²) in [6.07, 6.45) is 8.05. The van der Waals surface area contributed by atoms with Crippen LogP contribution in [0.5, 0.6) is 11.5 Å². The highest BCUT2D eigenvalue weighted by molar-refractivity contribution is 5.94. The molecule has 0 saturated carbocycles. The monoisotopic (exact) mass is 428 g/mol. The van der Waals surface area contributed by atoms with Gasteiger partial charge in [-0.15, -0.1) is 0 Å². The Morgan fingerprint density at radius 1 is 1.26 bits per heavy atom. The first-order valence-corrected chi connectivity index (χ1v) is 11.5. The zero-order valence-electron chi connectivity index (χ0n) is 19.2. The first-order chi connectivity index (χ1) is 14.8. The van der Waals surface area contributed by atoms with Gasteiger partial charge >= 0.3 is 0 Å². The molecule has 6 heteroatoms. The molecule has 3 N–H and O–H groups in total. The van der Waals surface area contributed by atoms with Crippen molar-refractivity contribution in [2.75, 3.05) is 13.6 Å². The normalized spacial score (nSPS) is 21.2. The number of aryl methyl sites for hydroxylation is 1. The van der Waals surface area contributed by atoms with Gasteiger partial charge in [-0.25, -0.2) is 0 Å². The van der Waals surface area contributed by atoms with E-state index in [-0.39, 0.29) is 41.4 Å². The number of aromatic hydroxyl groups is 1. The molecule has 0 spiro atoms. The van der Waals surface area contributed by atoms with Gasteiger partial charge in [0.15, 0.2) is 0 Å². The number of hydrogen-bond acceptors (Lipinski definition) is 4. The maximum absolute atomic E-state index is 12.7. The van der Waals surface area contributed by atoms with E-state index in [2.05, 4.69) is 37.5 Å². The first kappa shape index (κ1) is 23.2. The largest absolute Gasteiger partial charge is 0.507 e. The van der Waals surface area contributed by atoms with Gasteiger partial charge in [-0.1, -0.05) is 25.8 Å². The predicted octanol–water partition coefficient (Wildman–Crippen LogP) is 3.97. The van der Waals surface area contributed by atoms with Crippen molar-refractivity contribution in [3.63, 3.8) is 0 Å². The number of fused-ring (bicyclic) bond motifs is 3. The lowest BCUT2D eigenvalue weighted by molar-refractivity contribution is -0.121. The Bertz CT molecular complexity index is 859. The van der Waals surface area contributed by atoms with Crippen molar-refractivity contribution in [2.24, 2.45) is 5.92 Å². The van der Waals surface area contributed by atoms with E-state index in [0.29, 0.717) is 18.5 Å². The number of nitrogens with one attached hydrogen (secondary N) is 2. The molecule has 2 amide bonds. The summed E-state index contributed by atoms with van der Waals surface area (Å²) in [4.78, 5) is 24.1. The van der Waals surface area contributed by atoms with Gasteiger partial charge in [-0.05, 0) is 57.2 Å². The zero-order chi connectivity index (χ0) is 22.6. The van der Waals surface area contributed by atoms with Crippen molar-refractivity contribution >= 4 is 11.8 Å². The maximum Gasteiger partial charge on any atom is 0.246 e. The molecule has 0 bridgehead atoms. The van der Waals surface area contributed by atoms with Crippen molar-refractivity contribution < 1.29 is 19.4 Å². The first-order valence-electron chi connectivity index (χ1n) is 11.5. The van der Waals surface area contributed by atoms with Crippen LogP contribution in [0.4, 0.5) is 0 Å². The van der Waals surface area contributed by atoms with Gasteiger partial charge in [0.25, 0.3) is 0 Å². The molecule has 1 aliphatic carbocycles. The summed E-state index contributed by atoms with van der Waals surface area (Å²) >= 11 is 0. The Morgan fingerprint density at radius 3 is 2.74 bits per heavy atom. The van der Waals surface area contributed by atoms with Crippen molar-refractivity contribution in [1.82, 2.24) is 10.6 Å². The van der Waals surface area contributed by atoms with Gasteiger partial charge in [0.1, 0.15) is 17.1 Å². The highest BCUT2D eigenvalue weighted by Crippen LogP contribution is 2.53. The smallest absolute Gasteiger partial charge is 0.246 e. The van der Waals surface area contributed by atoms with Crippen LogP contribution < -0.4 is 15.4 Å². The molecule has 1 aromatic carbocycles. The fourth-order valence-corrected chi connectivity index (χ4v) is 4.86. The number of unbranched alkanes of at least 4 members (excludes halogenated alkanes) is 2. The van der Waals surface area contributed by atoms with Gasteiger partial charge in [-0.3, -0.25) is 9.59 Å². The fourth-order valence-electron chi connectivity index (χ4n) is 4.86. The van der Waals surface area contributed by atoms with E-state index in [4.69, 9.17) is 4.74 Å². The average Bonchev–Trinajstić information content (AvgIpc) is 2.72. The number of rotatable bonds is 8. The Kier molecular flexibility index (Phi) is 7.29. The molecule has 0 aromatic heterocycles. The molecular formula is C25H36N2O4. The molecule has 1 aliphatic heterocycles. The number of hydrogen-bond donors (Lipinski definition) is 3. The molecule has 0 fully saturated rings. The van der Waals surface area contributed by atoms with Crippen molar-refractivity contribution in [3.8, 4) is 11.5 Å². The summed E-state index contributed by atoms with van der Waals surface area (Å²) in [5, 5.41) is 16.3. The number of allylic oxidation sites excluding steroid dienone is 1. The van der Waals surface area contributed by atoms with Crippen molar-refractivity contribution in [2.45, 2.75) is 77.2 Å². The molecule has 1 aromatic rings. The van der Waals surface area contributed by atoms with E-state index in [9.17, 15) is 14.7 Å². The summed E-state index contributed by atoms with van der Waals surface area (Å²) in [5.74, 6) is 0.861. The van der Waals surface area contributed by atoms with E-state index in [1.807, 2.05) is 12.1 Å². The summed E-state index contributed by atoms with van der Waals surface area (Å²) in [5.41, 5.74) is 2.21. The molecule has 31 heavy (non-hydrogen) atoms. The minimum Gasteiger partial charge on any atom is -0.507 e. The van der Waals surface area contributed by atoms with Crippen LogP contribution in [0.1, 0.15) is 76.3 Å². The number of phenolic OH excluding ortho intramolecular Hbond substituents is 1. The van der Waals surface area contributed by atoms with Crippen LogP contribution in [0.25, 0.3) is 0 Å². The van der Waals surface area contributed by atoms with Gasteiger partial charge in [0.05, 0.1) is 0 Å². The highest BCUT2D eigenvalue weighted by Gasteiger charge is 2.46. The van der Waals surface area contributed by atoms with Crippen LogP contribution in [0.2, 0.25) is 0 Å². The van der Waals surface area contributed by atoms with Crippen LogP contribution in [-0.4, -0.2) is 36.1 Å². The quantitative estimate of drug-likeness (QED) is 0.547. The SMILES string of the molecule is CCCCCc1cc(O)c2c(c1)OC(C)(C)C1CCC(C(=O)NCCC(=O)NC)=CC21. The summed E-state index contributed by atoms with van der Waals surface area (Å²) < 4.78 is 6.38. The number of carbonyl (C=O) groups excluding carboxylic acids is 2. The van der Waals surface area contributed by atoms with E-state index in [0.717, 1.165) is 49.0 Å². The predicted molar refractivity (Wildman–Crippen MR) is 121 cm³/mol. The lowest BCUT2D eigenvalue weighted by Crippen LogP contribution is -2.46. The molecule has 170 valence electrons. The summed E-state index contributed by atoms with van der Waals surface area (Å²) in [7, 11) is 1.58. The number of carbonyl (C=O) groups is 2. The summed E-state index contributed by atoms with van der Waals surface area (Å²) in [6.45, 7) is 6.67. The maximum atomic E-state index is 12.7. The molecule has 2 atom stereocenters. The van der Waals surface area contributed by atoms with Crippen LogP contribution in [0, 0.1) is 5.92 Å². The Labute approximate surface area is 185 Å². The molecule has 2 unspecified atom stereocenters. The third-order valence-corrected chi connectivity index (χ3v) is 6.60. The van der Waals surface area contributed by atoms with Crippen LogP contribution in [0.15, 0.2) is 23.8 Å². The second-order valence-electron chi connectivity index (χ2n) is 9.23. The Hall–Kier alpha value is -2.50. The third kappa shape index (κ3) is 5.23. The lowest BCUT2D eigenvalue weighted by atomic mass is 9.67. The molecule has 0 saturated heterocycles. The van der Waals surface area contributed by atoms with Crippen LogP contribution in [0.3, 0.4) is 0 Å². The topological polar surface area (TPSA) is 87.7 Å². The second kappa shape index (κ2) is 9.75. The van der Waals surface area contributed by atoms with Gasteiger partial charge < -0.3 is 20.5 Å². The van der Waals surface area contributed by atoms with E-state index in [1.165, 1.54) is 0 Å². The molecule has 0 radical (unpaired) electrons. The minimum absolute atomic E-state index is 0.0723. The molecule has 1 heterocycles. The van der Waals surface area contributed by atoms with Gasteiger partial charge in [-0.2, -0.15) is 0 Å². The van der Waals surface area contributed by atoms with Crippen LogP contribution >= 0.6 is 0 Å². The van der Waals surface area contributed by atoms with Crippen LogP contribution in [-0.2, 0) is 16.0 Å². The Morgan fingerprint density at radius 2 is 2.03 bits per heavy atom. The van der Waals surface area contributed by atoms with Crippen molar-refractivity contribution in [1.29, 1.82) is 0 Å². The molecular weight excluding hydrogens is 392 g/mol. The standard InChI is InChI=1S/C25H36N2O4/c1-5-6-7-8-16-13-20(28)23-18-15-17(24(30)27-12-11-22(29)26-4)9-10-19(18)25(2,3)31-21(23)14-16/h13-15,18-19,28H,5-12H2,1-4H3,(H,26,29)(H,27,30). The zero-order valence-corrected chi connectivity index (χ0v) is 19.2. The minimum atomic E-state index is -0.385. The fraction of sp³-hybridized carbons (Fsp3) is 0.600. The number of amides is 2. The van der Waals surface area contributed by atoms with E-state index >= 15 is 0 Å². The molecule has 2 aliphatic rings. The second-order valence-corrected chi connectivity index (χ2v) is 9.23. The number of phenols is 1. The highest BCUT2D eigenvalue weighted by atomic mass is 16.5.